The molecule has 2 rings (SSSR count). The first-order chi connectivity index (χ1) is 10.0. The van der Waals surface area contributed by atoms with E-state index in [9.17, 15) is 4.79 Å². The van der Waals surface area contributed by atoms with Crippen LogP contribution in [-0.2, 0) is 4.74 Å². The molecular weight excluding hydrogens is 290 g/mol. The first-order valence-electron chi connectivity index (χ1n) is 6.52. The van der Waals surface area contributed by atoms with Crippen molar-refractivity contribution in [2.45, 2.75) is 13.8 Å². The van der Waals surface area contributed by atoms with Gasteiger partial charge in [0.1, 0.15) is 17.1 Å². The molecule has 0 bridgehead atoms. The van der Waals surface area contributed by atoms with Gasteiger partial charge in [0.15, 0.2) is 0 Å². The molecule has 5 heteroatoms. The Bertz CT molecular complexity index is 671. The van der Waals surface area contributed by atoms with Crippen molar-refractivity contribution in [2.75, 3.05) is 12.3 Å². The zero-order chi connectivity index (χ0) is 15.4. The summed E-state index contributed by atoms with van der Waals surface area (Å²) in [5.41, 5.74) is 7.37. The summed E-state index contributed by atoms with van der Waals surface area (Å²) in [5.74, 6) is 0.516. The number of ether oxygens (including phenoxy) is 2. The van der Waals surface area contributed by atoms with E-state index in [4.69, 9.17) is 26.8 Å². The van der Waals surface area contributed by atoms with Gasteiger partial charge in [0.05, 0.1) is 6.61 Å². The van der Waals surface area contributed by atoms with Crippen LogP contribution in [0.15, 0.2) is 36.4 Å². The number of nitrogens with two attached hydrogens (primary N) is 1. The molecule has 0 fully saturated rings. The summed E-state index contributed by atoms with van der Waals surface area (Å²) in [6.45, 7) is 3.91. The van der Waals surface area contributed by atoms with E-state index in [1.54, 1.807) is 37.3 Å². The van der Waals surface area contributed by atoms with E-state index in [0.29, 0.717) is 27.8 Å². The molecule has 0 saturated heterocycles. The highest BCUT2D eigenvalue weighted by atomic mass is 35.5. The number of carbonyl (C=O) groups excluding carboxylic acids is 1. The number of esters is 1. The molecule has 0 aromatic heterocycles. The lowest BCUT2D eigenvalue weighted by Gasteiger charge is -2.12. The lowest BCUT2D eigenvalue weighted by molar-refractivity contribution is 0.0523. The van der Waals surface area contributed by atoms with Gasteiger partial charge in [0.25, 0.3) is 0 Å². The number of nitrogen functional groups attached to an aromatic ring is 1. The highest BCUT2D eigenvalue weighted by molar-refractivity contribution is 6.31. The standard InChI is InChI=1S/C16H16ClNO3/c1-3-20-16(19)13-9-11(18)4-7-15(13)21-12-5-6-14(17)10(2)8-12/h4-9H,3,18H2,1-2H3. The first kappa shape index (κ1) is 15.2. The van der Waals surface area contributed by atoms with Crippen molar-refractivity contribution < 1.29 is 14.3 Å². The number of anilines is 1. The van der Waals surface area contributed by atoms with Gasteiger partial charge >= 0.3 is 5.97 Å². The normalized spacial score (nSPS) is 10.2. The molecule has 2 aromatic rings. The molecule has 2 aromatic carbocycles. The van der Waals surface area contributed by atoms with Gasteiger partial charge in [-0.2, -0.15) is 0 Å². The van der Waals surface area contributed by atoms with E-state index >= 15 is 0 Å². The Morgan fingerprint density at radius 3 is 2.67 bits per heavy atom. The van der Waals surface area contributed by atoms with Gasteiger partial charge in [0, 0.05) is 10.7 Å². The summed E-state index contributed by atoms with van der Waals surface area (Å²) in [4.78, 5) is 12.0. The predicted molar refractivity (Wildman–Crippen MR) is 83.1 cm³/mol. The van der Waals surface area contributed by atoms with Crippen molar-refractivity contribution in [1.29, 1.82) is 0 Å². The number of aryl methyl sites for hydroxylation is 1. The molecule has 4 nitrogen and oxygen atoms in total. The van der Waals surface area contributed by atoms with Crippen LogP contribution in [0.3, 0.4) is 0 Å². The third kappa shape index (κ3) is 3.67. The molecule has 0 radical (unpaired) electrons. The minimum Gasteiger partial charge on any atom is -0.462 e. The lowest BCUT2D eigenvalue weighted by atomic mass is 10.1. The molecule has 0 atom stereocenters. The summed E-state index contributed by atoms with van der Waals surface area (Å²) in [7, 11) is 0. The van der Waals surface area contributed by atoms with Crippen molar-refractivity contribution in [3.05, 3.63) is 52.5 Å². The number of hydrogen-bond donors (Lipinski definition) is 1. The third-order valence-corrected chi connectivity index (χ3v) is 3.28. The van der Waals surface area contributed by atoms with Gasteiger partial charge < -0.3 is 15.2 Å². The average molecular weight is 306 g/mol. The van der Waals surface area contributed by atoms with Crippen LogP contribution in [0.1, 0.15) is 22.8 Å². The molecule has 0 saturated carbocycles. The highest BCUT2D eigenvalue weighted by Gasteiger charge is 2.15. The Morgan fingerprint density at radius 1 is 1.24 bits per heavy atom. The van der Waals surface area contributed by atoms with E-state index in [1.807, 2.05) is 6.92 Å². The summed E-state index contributed by atoms with van der Waals surface area (Å²) in [5, 5.41) is 0.658. The second-order valence-electron chi connectivity index (χ2n) is 4.49. The van der Waals surface area contributed by atoms with Gasteiger partial charge in [-0.15, -0.1) is 0 Å². The molecule has 0 aliphatic heterocycles. The minimum absolute atomic E-state index is 0.285. The molecule has 2 N–H and O–H groups in total. The largest absolute Gasteiger partial charge is 0.462 e. The summed E-state index contributed by atoms with van der Waals surface area (Å²) >= 11 is 5.98. The van der Waals surface area contributed by atoms with Crippen LogP contribution in [0.2, 0.25) is 5.02 Å². The number of carbonyl (C=O) groups is 1. The number of rotatable bonds is 4. The van der Waals surface area contributed by atoms with Crippen LogP contribution < -0.4 is 10.5 Å². The molecule has 0 aliphatic carbocycles. The van der Waals surface area contributed by atoms with Gasteiger partial charge in [-0.05, 0) is 55.8 Å². The van der Waals surface area contributed by atoms with Crippen LogP contribution in [0.25, 0.3) is 0 Å². The molecule has 0 aliphatic rings. The second kappa shape index (κ2) is 6.50. The topological polar surface area (TPSA) is 61.5 Å². The summed E-state index contributed by atoms with van der Waals surface area (Å²) in [6.07, 6.45) is 0. The van der Waals surface area contributed by atoms with Gasteiger partial charge in [-0.25, -0.2) is 4.79 Å². The van der Waals surface area contributed by atoms with E-state index in [1.165, 1.54) is 6.07 Å². The SMILES string of the molecule is CCOC(=O)c1cc(N)ccc1Oc1ccc(Cl)c(C)c1. The fourth-order valence-corrected chi connectivity index (χ4v) is 1.93. The van der Waals surface area contributed by atoms with E-state index < -0.39 is 5.97 Å². The fraction of sp³-hybridized carbons (Fsp3) is 0.188. The maximum Gasteiger partial charge on any atom is 0.342 e. The van der Waals surface area contributed by atoms with Crippen molar-refractivity contribution in [3.63, 3.8) is 0 Å². The second-order valence-corrected chi connectivity index (χ2v) is 4.90. The molecule has 0 unspecified atom stereocenters. The molecule has 0 spiro atoms. The number of benzene rings is 2. The zero-order valence-corrected chi connectivity index (χ0v) is 12.6. The quantitative estimate of drug-likeness (QED) is 0.679. The molecule has 110 valence electrons. The van der Waals surface area contributed by atoms with E-state index in [-0.39, 0.29) is 6.61 Å². The Balaban J connectivity index is 2.34. The summed E-state index contributed by atoms with van der Waals surface area (Å²) in [6, 6.07) is 10.1. The fourth-order valence-electron chi connectivity index (χ4n) is 1.81. The summed E-state index contributed by atoms with van der Waals surface area (Å²) < 4.78 is 10.8. The Hall–Kier alpha value is -2.20. The third-order valence-electron chi connectivity index (χ3n) is 2.86. The maximum atomic E-state index is 12.0. The van der Waals surface area contributed by atoms with Crippen molar-refractivity contribution >= 4 is 23.3 Å². The van der Waals surface area contributed by atoms with E-state index in [2.05, 4.69) is 0 Å². The van der Waals surface area contributed by atoms with E-state index in [0.717, 1.165) is 5.56 Å². The average Bonchev–Trinajstić information content (AvgIpc) is 2.45. The predicted octanol–water partition coefficient (Wildman–Crippen LogP) is 4.20. The van der Waals surface area contributed by atoms with Gasteiger partial charge in [0.2, 0.25) is 0 Å². The van der Waals surface area contributed by atoms with Crippen LogP contribution in [0, 0.1) is 6.92 Å². The number of hydrogen-bond acceptors (Lipinski definition) is 4. The van der Waals surface area contributed by atoms with Crippen LogP contribution in [0.4, 0.5) is 5.69 Å². The Labute approximate surface area is 128 Å². The van der Waals surface area contributed by atoms with Crippen LogP contribution in [-0.4, -0.2) is 12.6 Å². The molecular formula is C16H16ClNO3. The zero-order valence-electron chi connectivity index (χ0n) is 11.9. The minimum atomic E-state index is -0.467. The Kier molecular flexibility index (Phi) is 4.70. The molecule has 0 heterocycles. The highest BCUT2D eigenvalue weighted by Crippen LogP contribution is 2.30. The number of halogens is 1. The Morgan fingerprint density at radius 2 is 2.00 bits per heavy atom. The first-order valence-corrected chi connectivity index (χ1v) is 6.89. The maximum absolute atomic E-state index is 12.0. The van der Waals surface area contributed by atoms with Crippen molar-refractivity contribution in [2.24, 2.45) is 0 Å². The van der Waals surface area contributed by atoms with Crippen molar-refractivity contribution in [3.8, 4) is 11.5 Å². The van der Waals surface area contributed by atoms with Crippen molar-refractivity contribution in [1.82, 2.24) is 0 Å². The lowest BCUT2D eigenvalue weighted by Crippen LogP contribution is -2.07. The van der Waals surface area contributed by atoms with Crippen LogP contribution >= 0.6 is 11.6 Å². The van der Waals surface area contributed by atoms with Crippen LogP contribution in [0.5, 0.6) is 11.5 Å². The smallest absolute Gasteiger partial charge is 0.342 e. The molecule has 0 amide bonds. The monoisotopic (exact) mass is 305 g/mol. The van der Waals surface area contributed by atoms with Gasteiger partial charge in [-0.1, -0.05) is 11.6 Å². The van der Waals surface area contributed by atoms with Gasteiger partial charge in [-0.3, -0.25) is 0 Å². The molecule has 21 heavy (non-hydrogen) atoms.